The molecule has 0 radical (unpaired) electrons. The number of fused-ring (bicyclic) bond motifs is 4. The third kappa shape index (κ3) is 6.10. The molecule has 3 N–H and O–H groups in total. The number of carbonyl (C=O) groups is 2. The van der Waals surface area contributed by atoms with Crippen LogP contribution in [0.5, 0.6) is 5.75 Å². The predicted molar refractivity (Wildman–Crippen MR) is 212 cm³/mol. The summed E-state index contributed by atoms with van der Waals surface area (Å²) in [6, 6.07) is 10.5. The van der Waals surface area contributed by atoms with Crippen LogP contribution < -0.4 is 36.0 Å². The van der Waals surface area contributed by atoms with E-state index < -0.39 is 30.0 Å². The number of anilines is 5. The van der Waals surface area contributed by atoms with Gasteiger partial charge in [-0.25, -0.2) is 13.8 Å². The first-order valence-corrected chi connectivity index (χ1v) is 19.8. The van der Waals surface area contributed by atoms with Gasteiger partial charge < -0.3 is 29.7 Å². The molecule has 14 nitrogen and oxygen atoms in total. The number of aryl methyl sites for hydroxylation is 2. The Labute approximate surface area is 330 Å². The lowest BCUT2D eigenvalue weighted by atomic mass is 9.73. The number of ether oxygens (including phenoxy) is 1. The number of hydrogen-bond acceptors (Lipinski definition) is 11. The van der Waals surface area contributed by atoms with Crippen LogP contribution in [-0.4, -0.2) is 80.9 Å². The highest BCUT2D eigenvalue weighted by Crippen LogP contribution is 2.47. The molecule has 1 saturated carbocycles. The second-order valence-electron chi connectivity index (χ2n) is 16.4. The van der Waals surface area contributed by atoms with Crippen LogP contribution in [0.2, 0.25) is 5.02 Å². The van der Waals surface area contributed by atoms with Gasteiger partial charge in [-0.15, -0.1) is 0 Å². The number of carbonyl (C=O) groups excluding carboxylic acids is 2. The highest BCUT2D eigenvalue weighted by Gasteiger charge is 2.51. The molecule has 2 unspecified atom stereocenters. The van der Waals surface area contributed by atoms with Crippen molar-refractivity contribution in [1.29, 1.82) is 0 Å². The Kier molecular flexibility index (Phi) is 8.19. The van der Waals surface area contributed by atoms with Crippen molar-refractivity contribution in [3.63, 3.8) is 0 Å². The summed E-state index contributed by atoms with van der Waals surface area (Å²) in [4.78, 5) is 51.7. The Hall–Kier alpha value is -5.51. The molecule has 4 aliphatic heterocycles. The van der Waals surface area contributed by atoms with Gasteiger partial charge in [0.15, 0.2) is 12.4 Å². The molecule has 10 rings (SSSR count). The van der Waals surface area contributed by atoms with Gasteiger partial charge in [-0.2, -0.15) is 10.1 Å². The molecule has 3 saturated heterocycles. The summed E-state index contributed by atoms with van der Waals surface area (Å²) in [5.74, 6) is -3.47. The lowest BCUT2D eigenvalue weighted by Gasteiger charge is -2.55. The van der Waals surface area contributed by atoms with Crippen LogP contribution in [0.15, 0.2) is 47.4 Å². The average molecular weight is 799 g/mol. The van der Waals surface area contributed by atoms with Crippen molar-refractivity contribution in [2.24, 2.45) is 25.4 Å². The Morgan fingerprint density at radius 1 is 0.982 bits per heavy atom. The largest absolute Gasteiger partial charge is 0.480 e. The van der Waals surface area contributed by atoms with E-state index in [4.69, 9.17) is 26.4 Å². The molecule has 57 heavy (non-hydrogen) atoms. The van der Waals surface area contributed by atoms with Gasteiger partial charge in [0.05, 0.1) is 40.6 Å². The normalized spacial score (nSPS) is 22.8. The van der Waals surface area contributed by atoms with E-state index in [2.05, 4.69) is 42.9 Å². The number of nitrogens with one attached hydrogen (secondary N) is 3. The van der Waals surface area contributed by atoms with Crippen molar-refractivity contribution in [3.8, 4) is 5.75 Å². The molecule has 2 atom stereocenters. The Morgan fingerprint density at radius 3 is 2.58 bits per heavy atom. The quantitative estimate of drug-likeness (QED) is 0.188. The summed E-state index contributed by atoms with van der Waals surface area (Å²) >= 11 is 6.66. The molecule has 7 heterocycles. The number of aromatic nitrogens is 5. The van der Waals surface area contributed by atoms with E-state index in [1.165, 1.54) is 4.57 Å². The molecule has 3 aromatic heterocycles. The van der Waals surface area contributed by atoms with E-state index in [-0.39, 0.29) is 34.6 Å². The SMILES string of the molecule is Cn1nc(C2CCC(=O)NC2=O)c2ccc(N3CC4(CCCN(c5ncc(Cl)c(Nc6ccc7c(c6)c6c(c(=O)n7C)OCC(F)(F)C(C7CC7)N6)n5)C4)C3)cc21. The summed E-state index contributed by atoms with van der Waals surface area (Å²) in [6.07, 6.45) is 5.78. The van der Waals surface area contributed by atoms with E-state index in [1.54, 1.807) is 31.4 Å². The zero-order valence-electron chi connectivity index (χ0n) is 31.4. The third-order valence-corrected chi connectivity index (χ3v) is 12.7. The number of pyridine rings is 1. The molecule has 0 bridgehead atoms. The number of benzene rings is 2. The summed E-state index contributed by atoms with van der Waals surface area (Å²) in [6.45, 7) is 2.42. The molecule has 4 fully saturated rings. The van der Waals surface area contributed by atoms with E-state index in [0.29, 0.717) is 64.8 Å². The van der Waals surface area contributed by atoms with Gasteiger partial charge in [-0.3, -0.25) is 24.4 Å². The van der Waals surface area contributed by atoms with Gasteiger partial charge >= 0.3 is 5.92 Å². The molecular weight excluding hydrogens is 758 g/mol. The highest BCUT2D eigenvalue weighted by molar-refractivity contribution is 6.33. The molecule has 5 aromatic rings. The molecule has 5 aliphatic rings. The molecule has 2 aromatic carbocycles. The molecule has 1 spiro atoms. The summed E-state index contributed by atoms with van der Waals surface area (Å²) < 4.78 is 39.1. The van der Waals surface area contributed by atoms with Crippen LogP contribution in [0.1, 0.15) is 50.1 Å². The number of alkyl halides is 2. The Bertz CT molecular complexity index is 2570. The van der Waals surface area contributed by atoms with Crippen LogP contribution in [0.3, 0.4) is 0 Å². The van der Waals surface area contributed by atoms with Gasteiger partial charge in [-0.1, -0.05) is 11.6 Å². The lowest BCUT2D eigenvalue weighted by molar-refractivity contribution is -0.134. The Balaban J connectivity index is 0.869. The van der Waals surface area contributed by atoms with Gasteiger partial charge in [0.1, 0.15) is 5.02 Å². The summed E-state index contributed by atoms with van der Waals surface area (Å²) in [7, 11) is 3.48. The number of amides is 2. The van der Waals surface area contributed by atoms with Crippen molar-refractivity contribution in [2.45, 2.75) is 56.4 Å². The fourth-order valence-electron chi connectivity index (χ4n) is 9.29. The number of rotatable bonds is 6. The highest BCUT2D eigenvalue weighted by atomic mass is 35.5. The minimum Gasteiger partial charge on any atom is -0.480 e. The first kappa shape index (κ1) is 35.9. The van der Waals surface area contributed by atoms with Crippen molar-refractivity contribution in [3.05, 3.63) is 63.7 Å². The van der Waals surface area contributed by atoms with Crippen LogP contribution >= 0.6 is 11.6 Å². The van der Waals surface area contributed by atoms with Crippen molar-refractivity contribution in [2.75, 3.05) is 53.2 Å². The Morgan fingerprint density at radius 2 is 1.79 bits per heavy atom. The average Bonchev–Trinajstić information content (AvgIpc) is 3.98. The van der Waals surface area contributed by atoms with Gasteiger partial charge in [0, 0.05) is 74.3 Å². The number of piperidine rings is 2. The number of halogens is 3. The molecule has 17 heteroatoms. The van der Waals surface area contributed by atoms with Gasteiger partial charge in [0.2, 0.25) is 23.5 Å². The van der Waals surface area contributed by atoms with E-state index in [0.717, 1.165) is 55.6 Å². The van der Waals surface area contributed by atoms with Crippen LogP contribution in [0, 0.1) is 11.3 Å². The maximum absolute atomic E-state index is 15.2. The maximum atomic E-state index is 15.2. The standard InChI is InChI=1S/C40H41ClF2N10O4/c1-50-28-10-6-22(14-26(28)32-33(37(50)56)57-20-40(42,43)34(47-32)21-4-5-21)45-35-27(41)16-44-38(48-35)52-13-3-12-39(17-52)18-53(19-39)23-7-8-24-29(15-23)51(2)49-31(24)25-9-11-30(54)46-36(25)55/h6-8,10,14-16,21,25,34,47H,3-5,9,11-13,17-20H2,1-2H3,(H,44,45,48)(H,46,54,55). The minimum atomic E-state index is -3.14. The van der Waals surface area contributed by atoms with Gasteiger partial charge in [0.25, 0.3) is 5.56 Å². The molecule has 2 amide bonds. The molecule has 1 aliphatic carbocycles. The lowest BCUT2D eigenvalue weighted by Crippen LogP contribution is -2.63. The van der Waals surface area contributed by atoms with E-state index in [1.807, 2.05) is 17.8 Å². The zero-order chi connectivity index (χ0) is 39.4. The molecule has 296 valence electrons. The van der Waals surface area contributed by atoms with Crippen molar-refractivity contribution < 1.29 is 23.1 Å². The monoisotopic (exact) mass is 798 g/mol. The van der Waals surface area contributed by atoms with Crippen molar-refractivity contribution in [1.82, 2.24) is 29.6 Å². The maximum Gasteiger partial charge on any atom is 0.301 e. The fraction of sp³-hybridized carbons (Fsp3) is 0.450. The second-order valence-corrected chi connectivity index (χ2v) is 16.8. The first-order chi connectivity index (χ1) is 27.4. The molecular formula is C40H41ClF2N10O4. The topological polar surface area (TPSA) is 152 Å². The second kappa shape index (κ2) is 13.0. The zero-order valence-corrected chi connectivity index (χ0v) is 32.2. The van der Waals surface area contributed by atoms with Crippen LogP contribution in [0.4, 0.5) is 37.6 Å². The van der Waals surface area contributed by atoms with Crippen LogP contribution in [-0.2, 0) is 23.7 Å². The predicted octanol–water partition coefficient (Wildman–Crippen LogP) is 5.46. The summed E-state index contributed by atoms with van der Waals surface area (Å²) in [5.41, 5.74) is 3.73. The fourth-order valence-corrected chi connectivity index (χ4v) is 9.42. The third-order valence-electron chi connectivity index (χ3n) is 12.4. The first-order valence-electron chi connectivity index (χ1n) is 19.4. The number of nitrogens with zero attached hydrogens (tertiary/aromatic N) is 7. The smallest absolute Gasteiger partial charge is 0.301 e. The van der Waals surface area contributed by atoms with Crippen molar-refractivity contribution >= 4 is 74.0 Å². The summed E-state index contributed by atoms with van der Waals surface area (Å²) in [5, 5.41) is 15.3. The van der Waals surface area contributed by atoms with E-state index >= 15 is 8.78 Å². The van der Waals surface area contributed by atoms with E-state index in [9.17, 15) is 14.4 Å². The number of hydrogen-bond donors (Lipinski definition) is 3. The van der Waals surface area contributed by atoms with Gasteiger partial charge in [-0.05, 0) is 74.4 Å². The minimum absolute atomic E-state index is 0.0461. The number of imide groups is 1. The van der Waals surface area contributed by atoms with Crippen LogP contribution in [0.25, 0.3) is 21.8 Å².